The van der Waals surface area contributed by atoms with Crippen molar-refractivity contribution in [2.45, 2.75) is 25.3 Å². The highest BCUT2D eigenvalue weighted by atomic mass is 35.5. The first-order chi connectivity index (χ1) is 10.3. The third kappa shape index (κ3) is 2.87. The van der Waals surface area contributed by atoms with Crippen LogP contribution in [0.5, 0.6) is 0 Å². The van der Waals surface area contributed by atoms with E-state index < -0.39 is 0 Å². The number of thiazole rings is 1. The van der Waals surface area contributed by atoms with Gasteiger partial charge in [0.1, 0.15) is 10.8 Å². The van der Waals surface area contributed by atoms with E-state index >= 15 is 0 Å². The molecule has 0 bridgehead atoms. The van der Waals surface area contributed by atoms with E-state index in [-0.39, 0.29) is 6.04 Å². The standard InChI is InChI=1S/C16H16ClN3S/c1-2-14(16-19-13(10-17)11-21-16)20-9-8-18-15(20)12-6-4-3-5-7-12/h3-9,11,14H,2,10H2,1H3. The lowest BCUT2D eigenvalue weighted by Crippen LogP contribution is -2.10. The topological polar surface area (TPSA) is 30.7 Å². The Morgan fingerprint density at radius 2 is 2.10 bits per heavy atom. The second kappa shape index (κ2) is 6.41. The monoisotopic (exact) mass is 317 g/mol. The predicted octanol–water partition coefficient (Wildman–Crippen LogP) is 4.74. The van der Waals surface area contributed by atoms with Crippen molar-refractivity contribution in [3.63, 3.8) is 0 Å². The van der Waals surface area contributed by atoms with Gasteiger partial charge in [-0.3, -0.25) is 0 Å². The number of nitrogens with zero attached hydrogens (tertiary/aromatic N) is 3. The summed E-state index contributed by atoms with van der Waals surface area (Å²) in [5.74, 6) is 1.44. The lowest BCUT2D eigenvalue weighted by atomic mass is 10.2. The van der Waals surface area contributed by atoms with Crippen LogP contribution in [-0.2, 0) is 5.88 Å². The number of aromatic nitrogens is 3. The zero-order chi connectivity index (χ0) is 14.7. The molecule has 0 fully saturated rings. The Bertz CT molecular complexity index is 705. The molecule has 3 nitrogen and oxygen atoms in total. The summed E-state index contributed by atoms with van der Waals surface area (Å²) in [6, 6.07) is 10.4. The Labute approximate surface area is 133 Å². The summed E-state index contributed by atoms with van der Waals surface area (Å²) in [6.07, 6.45) is 4.84. The van der Waals surface area contributed by atoms with Crippen LogP contribution < -0.4 is 0 Å². The van der Waals surface area contributed by atoms with E-state index in [2.05, 4.69) is 33.6 Å². The van der Waals surface area contributed by atoms with E-state index in [1.165, 1.54) is 0 Å². The average molecular weight is 318 g/mol. The fourth-order valence-electron chi connectivity index (χ4n) is 2.40. The molecule has 0 N–H and O–H groups in total. The van der Waals surface area contributed by atoms with Crippen LogP contribution in [0.3, 0.4) is 0 Å². The van der Waals surface area contributed by atoms with Crippen LogP contribution >= 0.6 is 22.9 Å². The molecule has 0 spiro atoms. The van der Waals surface area contributed by atoms with Crippen molar-refractivity contribution in [2.75, 3.05) is 0 Å². The molecule has 1 unspecified atom stereocenters. The Morgan fingerprint density at radius 1 is 1.29 bits per heavy atom. The second-order valence-electron chi connectivity index (χ2n) is 4.76. The van der Waals surface area contributed by atoms with Crippen molar-refractivity contribution in [1.82, 2.24) is 14.5 Å². The predicted molar refractivity (Wildman–Crippen MR) is 87.8 cm³/mol. The molecular formula is C16H16ClN3S. The summed E-state index contributed by atoms with van der Waals surface area (Å²) in [4.78, 5) is 9.15. The van der Waals surface area contributed by atoms with Gasteiger partial charge in [-0.1, -0.05) is 37.3 Å². The minimum absolute atomic E-state index is 0.199. The maximum atomic E-state index is 5.87. The molecule has 3 aromatic rings. The van der Waals surface area contributed by atoms with E-state index in [1.54, 1.807) is 11.3 Å². The van der Waals surface area contributed by atoms with E-state index in [0.29, 0.717) is 5.88 Å². The number of imidazole rings is 1. The number of hydrogen-bond donors (Lipinski definition) is 0. The maximum Gasteiger partial charge on any atom is 0.140 e. The van der Waals surface area contributed by atoms with Gasteiger partial charge in [0, 0.05) is 23.3 Å². The lowest BCUT2D eigenvalue weighted by molar-refractivity contribution is 0.568. The fourth-order valence-corrected chi connectivity index (χ4v) is 3.63. The minimum atomic E-state index is 0.199. The summed E-state index contributed by atoms with van der Waals surface area (Å²) >= 11 is 7.53. The van der Waals surface area contributed by atoms with Crippen LogP contribution in [0, 0.1) is 0 Å². The third-order valence-electron chi connectivity index (χ3n) is 3.41. The van der Waals surface area contributed by atoms with Gasteiger partial charge in [0.05, 0.1) is 17.6 Å². The number of alkyl halides is 1. The minimum Gasteiger partial charge on any atom is -0.321 e. The Morgan fingerprint density at radius 3 is 2.76 bits per heavy atom. The fraction of sp³-hybridized carbons (Fsp3) is 0.250. The number of hydrogen-bond acceptors (Lipinski definition) is 3. The van der Waals surface area contributed by atoms with E-state index in [4.69, 9.17) is 11.6 Å². The summed E-state index contributed by atoms with van der Waals surface area (Å²) in [5.41, 5.74) is 2.06. The van der Waals surface area contributed by atoms with E-state index in [1.807, 2.05) is 36.0 Å². The van der Waals surface area contributed by atoms with Gasteiger partial charge in [0.25, 0.3) is 0 Å². The molecule has 0 aliphatic rings. The maximum absolute atomic E-state index is 5.87. The molecule has 3 rings (SSSR count). The van der Waals surface area contributed by atoms with Gasteiger partial charge in [-0.15, -0.1) is 22.9 Å². The Hall–Kier alpha value is -1.65. The molecule has 0 aliphatic carbocycles. The number of benzene rings is 1. The molecule has 0 saturated heterocycles. The molecule has 2 aromatic heterocycles. The summed E-state index contributed by atoms with van der Waals surface area (Å²) < 4.78 is 2.20. The summed E-state index contributed by atoms with van der Waals surface area (Å²) in [5, 5.41) is 3.12. The highest BCUT2D eigenvalue weighted by Crippen LogP contribution is 2.30. The molecule has 2 heterocycles. The normalized spacial score (nSPS) is 12.5. The molecule has 0 aliphatic heterocycles. The van der Waals surface area contributed by atoms with Gasteiger partial charge in [0.2, 0.25) is 0 Å². The first-order valence-corrected chi connectivity index (χ1v) is 8.33. The van der Waals surface area contributed by atoms with Crippen molar-refractivity contribution in [3.05, 3.63) is 58.8 Å². The van der Waals surface area contributed by atoms with Gasteiger partial charge in [-0.25, -0.2) is 9.97 Å². The van der Waals surface area contributed by atoms with Crippen molar-refractivity contribution in [2.24, 2.45) is 0 Å². The highest BCUT2D eigenvalue weighted by Gasteiger charge is 2.19. The van der Waals surface area contributed by atoms with Crippen molar-refractivity contribution >= 4 is 22.9 Å². The third-order valence-corrected chi connectivity index (χ3v) is 4.68. The van der Waals surface area contributed by atoms with E-state index in [9.17, 15) is 0 Å². The van der Waals surface area contributed by atoms with Crippen LogP contribution in [0.2, 0.25) is 0 Å². The zero-order valence-electron chi connectivity index (χ0n) is 11.7. The summed E-state index contributed by atoms with van der Waals surface area (Å²) in [7, 11) is 0. The molecule has 0 saturated carbocycles. The Kier molecular flexibility index (Phi) is 4.36. The molecule has 5 heteroatoms. The first kappa shape index (κ1) is 14.3. The molecule has 1 atom stereocenters. The lowest BCUT2D eigenvalue weighted by Gasteiger charge is -2.17. The van der Waals surface area contributed by atoms with Crippen molar-refractivity contribution in [3.8, 4) is 11.4 Å². The van der Waals surface area contributed by atoms with E-state index in [0.717, 1.165) is 28.5 Å². The molecule has 0 amide bonds. The average Bonchev–Trinajstić information content (AvgIpc) is 3.19. The smallest absolute Gasteiger partial charge is 0.140 e. The second-order valence-corrected chi connectivity index (χ2v) is 5.92. The summed E-state index contributed by atoms with van der Waals surface area (Å²) in [6.45, 7) is 2.17. The van der Waals surface area contributed by atoms with Crippen molar-refractivity contribution in [1.29, 1.82) is 0 Å². The molecular weight excluding hydrogens is 302 g/mol. The van der Waals surface area contributed by atoms with Gasteiger partial charge < -0.3 is 4.57 Å². The number of halogens is 1. The Balaban J connectivity index is 2.01. The zero-order valence-corrected chi connectivity index (χ0v) is 13.3. The molecule has 108 valence electrons. The van der Waals surface area contributed by atoms with Gasteiger partial charge in [-0.05, 0) is 6.42 Å². The SMILES string of the molecule is CCC(c1nc(CCl)cs1)n1ccnc1-c1ccccc1. The van der Waals surface area contributed by atoms with Crippen molar-refractivity contribution < 1.29 is 0 Å². The molecule has 1 aromatic carbocycles. The molecule has 21 heavy (non-hydrogen) atoms. The van der Waals surface area contributed by atoms with Crippen LogP contribution in [0.1, 0.15) is 30.1 Å². The number of rotatable bonds is 5. The van der Waals surface area contributed by atoms with Gasteiger partial charge in [-0.2, -0.15) is 0 Å². The van der Waals surface area contributed by atoms with Gasteiger partial charge >= 0.3 is 0 Å². The molecule has 0 radical (unpaired) electrons. The first-order valence-electron chi connectivity index (χ1n) is 6.92. The van der Waals surface area contributed by atoms with Gasteiger partial charge in [0.15, 0.2) is 0 Å². The largest absolute Gasteiger partial charge is 0.321 e. The quantitative estimate of drug-likeness (QED) is 0.636. The van der Waals surface area contributed by atoms with Crippen LogP contribution in [0.25, 0.3) is 11.4 Å². The van der Waals surface area contributed by atoms with Crippen LogP contribution in [0.4, 0.5) is 0 Å². The van der Waals surface area contributed by atoms with Crippen LogP contribution in [0.15, 0.2) is 48.1 Å². The highest BCUT2D eigenvalue weighted by molar-refractivity contribution is 7.09. The van der Waals surface area contributed by atoms with Crippen LogP contribution in [-0.4, -0.2) is 14.5 Å².